The molecule has 0 radical (unpaired) electrons. The summed E-state index contributed by atoms with van der Waals surface area (Å²) in [4.78, 5) is 5.34. The predicted molar refractivity (Wildman–Crippen MR) is 218 cm³/mol. The Morgan fingerprint density at radius 1 is 0.528 bits per heavy atom. The highest BCUT2D eigenvalue weighted by Crippen LogP contribution is 2.43. The SMILES string of the molecule is Cc1ccc(C[N+]2=NC(c3ccc(-c4cccc(-c5cccc6ccccc56)c4)c4c3oc3c5ccccc5ccc34)=NC2c2ccc(C)cc2)cc1. The van der Waals surface area contributed by atoms with Crippen molar-refractivity contribution in [2.45, 2.75) is 26.6 Å². The second-order valence-electron chi connectivity index (χ2n) is 14.2. The molecule has 0 saturated carbocycles. The summed E-state index contributed by atoms with van der Waals surface area (Å²) in [5.74, 6) is 0.673. The van der Waals surface area contributed by atoms with Crippen molar-refractivity contribution in [3.8, 4) is 22.3 Å². The van der Waals surface area contributed by atoms with Crippen LogP contribution in [0.15, 0.2) is 178 Å². The maximum atomic E-state index is 7.01. The van der Waals surface area contributed by atoms with Gasteiger partial charge in [0, 0.05) is 32.4 Å². The molecule has 1 aliphatic rings. The maximum Gasteiger partial charge on any atom is 0.299 e. The molecule has 4 heteroatoms. The second-order valence-corrected chi connectivity index (χ2v) is 14.2. The molecule has 0 fully saturated rings. The summed E-state index contributed by atoms with van der Waals surface area (Å²) in [7, 11) is 0. The van der Waals surface area contributed by atoms with E-state index in [1.54, 1.807) is 0 Å². The normalized spacial score (nSPS) is 14.3. The number of azo groups is 2. The molecule has 252 valence electrons. The molecule has 1 unspecified atom stereocenters. The number of aryl methyl sites for hydroxylation is 2. The maximum absolute atomic E-state index is 7.01. The molecule has 9 aromatic rings. The fourth-order valence-corrected chi connectivity index (χ4v) is 7.85. The monoisotopic (exact) mass is 682 g/mol. The highest BCUT2D eigenvalue weighted by molar-refractivity contribution is 6.23. The van der Waals surface area contributed by atoms with Crippen LogP contribution in [0.5, 0.6) is 0 Å². The molecular formula is C49H36N3O+. The topological polar surface area (TPSA) is 40.9 Å². The van der Waals surface area contributed by atoms with Crippen molar-refractivity contribution >= 4 is 49.3 Å². The van der Waals surface area contributed by atoms with Crippen LogP contribution in [0.3, 0.4) is 0 Å². The van der Waals surface area contributed by atoms with Crippen LogP contribution >= 0.6 is 0 Å². The Bertz CT molecular complexity index is 2930. The number of furan rings is 1. The molecule has 0 spiro atoms. The number of benzene rings is 8. The Kier molecular flexibility index (Phi) is 7.36. The fraction of sp³-hybridized carbons (Fsp3) is 0.0816. The van der Waals surface area contributed by atoms with Crippen LogP contribution in [0.2, 0.25) is 0 Å². The van der Waals surface area contributed by atoms with Gasteiger partial charge in [0.25, 0.3) is 6.17 Å². The summed E-state index contributed by atoms with van der Waals surface area (Å²) >= 11 is 0. The molecule has 1 aromatic heterocycles. The first-order valence-corrected chi connectivity index (χ1v) is 18.2. The third kappa shape index (κ3) is 5.42. The van der Waals surface area contributed by atoms with E-state index < -0.39 is 0 Å². The zero-order valence-corrected chi connectivity index (χ0v) is 29.6. The molecular weight excluding hydrogens is 647 g/mol. The predicted octanol–water partition coefficient (Wildman–Crippen LogP) is 13.0. The van der Waals surface area contributed by atoms with Crippen molar-refractivity contribution in [3.05, 3.63) is 192 Å². The molecule has 0 bridgehead atoms. The summed E-state index contributed by atoms with van der Waals surface area (Å²) < 4.78 is 9.12. The third-order valence-electron chi connectivity index (χ3n) is 10.6. The molecule has 8 aromatic carbocycles. The van der Waals surface area contributed by atoms with Gasteiger partial charge >= 0.3 is 0 Å². The first kappa shape index (κ1) is 31.1. The average Bonchev–Trinajstić information content (AvgIpc) is 3.81. The van der Waals surface area contributed by atoms with Crippen LogP contribution < -0.4 is 0 Å². The highest BCUT2D eigenvalue weighted by atomic mass is 16.3. The van der Waals surface area contributed by atoms with Crippen molar-refractivity contribution in [2.75, 3.05) is 0 Å². The van der Waals surface area contributed by atoms with Crippen LogP contribution in [0.1, 0.15) is 34.0 Å². The Labute approximate surface area is 308 Å². The number of hydrogen-bond donors (Lipinski definition) is 0. The van der Waals surface area contributed by atoms with E-state index in [0.29, 0.717) is 12.4 Å². The van der Waals surface area contributed by atoms with Gasteiger partial charge in [0.15, 0.2) is 6.54 Å². The van der Waals surface area contributed by atoms with Crippen molar-refractivity contribution in [2.24, 2.45) is 10.1 Å². The van der Waals surface area contributed by atoms with Gasteiger partial charge in [-0.15, -0.1) is 0 Å². The number of rotatable bonds is 6. The molecule has 4 nitrogen and oxygen atoms in total. The quantitative estimate of drug-likeness (QED) is 0.161. The van der Waals surface area contributed by atoms with Crippen molar-refractivity contribution in [1.82, 2.24) is 0 Å². The standard InChI is InChI=1S/C49H36N3O/c1-31-17-21-33(22-18-31)30-52-49(36-23-19-32(2)20-24-36)50-48(51-52)44-28-27-41(45-43-26-25-35-10-4-6-15-42(35)46(43)53-47(44)45)38-13-7-12-37(29-38)40-16-8-11-34-9-3-5-14-39(34)40/h3-29,49H,30H2,1-2H3/q+1. The lowest BCUT2D eigenvalue weighted by Gasteiger charge is -2.11. The van der Waals surface area contributed by atoms with Crippen LogP contribution in [-0.4, -0.2) is 10.5 Å². The van der Waals surface area contributed by atoms with Crippen LogP contribution in [0, 0.1) is 13.8 Å². The van der Waals surface area contributed by atoms with Crippen LogP contribution in [0.25, 0.3) is 65.7 Å². The zero-order valence-electron chi connectivity index (χ0n) is 29.6. The minimum atomic E-state index is -0.260. The van der Waals surface area contributed by atoms with Gasteiger partial charge in [-0.2, -0.15) is 4.99 Å². The number of fused-ring (bicyclic) bond motifs is 6. The number of nitrogens with zero attached hydrogens (tertiary/aromatic N) is 3. The number of hydrogen-bond acceptors (Lipinski definition) is 3. The third-order valence-corrected chi connectivity index (χ3v) is 10.6. The molecule has 1 atom stereocenters. The molecule has 53 heavy (non-hydrogen) atoms. The van der Waals surface area contributed by atoms with E-state index >= 15 is 0 Å². The van der Waals surface area contributed by atoms with E-state index in [2.05, 4.69) is 182 Å². The second kappa shape index (κ2) is 12.5. The lowest BCUT2D eigenvalue weighted by atomic mass is 9.92. The molecule has 1 aliphatic heterocycles. The van der Waals surface area contributed by atoms with Gasteiger partial charge in [-0.3, -0.25) is 0 Å². The van der Waals surface area contributed by atoms with Crippen molar-refractivity contribution in [3.63, 3.8) is 0 Å². The molecule has 0 saturated heterocycles. The van der Waals surface area contributed by atoms with E-state index in [0.717, 1.165) is 55.0 Å². The van der Waals surface area contributed by atoms with Gasteiger partial charge in [-0.25, -0.2) is 0 Å². The molecule has 10 rings (SSSR count). The molecule has 2 heterocycles. The van der Waals surface area contributed by atoms with Crippen LogP contribution in [0.4, 0.5) is 0 Å². The minimum absolute atomic E-state index is 0.260. The van der Waals surface area contributed by atoms with Crippen molar-refractivity contribution < 1.29 is 9.11 Å². The van der Waals surface area contributed by atoms with Gasteiger partial charge in [-0.05, 0) is 82.6 Å². The zero-order chi connectivity index (χ0) is 35.5. The largest absolute Gasteiger partial charge is 0.455 e. The Morgan fingerprint density at radius 3 is 1.96 bits per heavy atom. The van der Waals surface area contributed by atoms with Gasteiger partial charge in [0.1, 0.15) is 11.2 Å². The first-order chi connectivity index (χ1) is 26.1. The Balaban J connectivity index is 1.18. The van der Waals surface area contributed by atoms with Crippen molar-refractivity contribution in [1.29, 1.82) is 0 Å². The van der Waals surface area contributed by atoms with E-state index in [1.165, 1.54) is 38.6 Å². The summed E-state index contributed by atoms with van der Waals surface area (Å²) in [6.07, 6.45) is -0.260. The van der Waals surface area contributed by atoms with Gasteiger partial charge in [0.2, 0.25) is 5.84 Å². The fourth-order valence-electron chi connectivity index (χ4n) is 7.85. The number of aliphatic imine (C=N–C) groups is 1. The van der Waals surface area contributed by atoms with Gasteiger partial charge < -0.3 is 4.42 Å². The molecule has 0 aliphatic carbocycles. The highest BCUT2D eigenvalue weighted by Gasteiger charge is 2.34. The Hall–Kier alpha value is -6.65. The van der Waals surface area contributed by atoms with E-state index in [1.807, 2.05) is 0 Å². The van der Waals surface area contributed by atoms with Gasteiger partial charge in [-0.1, -0.05) is 149 Å². The summed E-state index contributed by atoms with van der Waals surface area (Å²) in [6.45, 7) is 4.87. The summed E-state index contributed by atoms with van der Waals surface area (Å²) in [5, 5.41) is 12.1. The lowest BCUT2D eigenvalue weighted by molar-refractivity contribution is -0.636. The summed E-state index contributed by atoms with van der Waals surface area (Å²) in [6, 6.07) is 58.5. The first-order valence-electron chi connectivity index (χ1n) is 18.2. The minimum Gasteiger partial charge on any atom is -0.455 e. The smallest absolute Gasteiger partial charge is 0.299 e. The van der Waals surface area contributed by atoms with E-state index in [4.69, 9.17) is 14.5 Å². The van der Waals surface area contributed by atoms with E-state index in [-0.39, 0.29) is 6.17 Å². The average molecular weight is 683 g/mol. The molecule has 0 amide bonds. The van der Waals surface area contributed by atoms with E-state index in [9.17, 15) is 0 Å². The Morgan fingerprint density at radius 2 is 1.17 bits per heavy atom. The molecule has 0 N–H and O–H groups in total. The summed E-state index contributed by atoms with van der Waals surface area (Å²) in [5.41, 5.74) is 12.0. The van der Waals surface area contributed by atoms with Gasteiger partial charge in [0.05, 0.1) is 5.56 Å². The number of amidine groups is 1. The lowest BCUT2D eigenvalue weighted by Crippen LogP contribution is -2.12. The van der Waals surface area contributed by atoms with Crippen LogP contribution in [-0.2, 0) is 6.54 Å².